The van der Waals surface area contributed by atoms with Crippen LogP contribution in [0.15, 0.2) is 10.6 Å². The van der Waals surface area contributed by atoms with Gasteiger partial charge in [0.15, 0.2) is 0 Å². The smallest absolute Gasteiger partial charge is 0.325 e. The summed E-state index contributed by atoms with van der Waals surface area (Å²) in [5.41, 5.74) is -0.0970. The Bertz CT molecular complexity index is 554. The highest BCUT2D eigenvalue weighted by Gasteiger charge is 2.54. The van der Waals surface area contributed by atoms with Crippen LogP contribution in [-0.4, -0.2) is 27.5 Å². The zero-order valence-corrected chi connectivity index (χ0v) is 11.8. The van der Waals surface area contributed by atoms with Crippen molar-refractivity contribution in [3.63, 3.8) is 0 Å². The molecule has 1 N–H and O–H groups in total. The third-order valence-corrected chi connectivity index (χ3v) is 4.50. The zero-order valence-electron chi connectivity index (χ0n) is 11.8. The Morgan fingerprint density at radius 2 is 2.30 bits per heavy atom. The van der Waals surface area contributed by atoms with Crippen molar-refractivity contribution < 1.29 is 14.1 Å². The summed E-state index contributed by atoms with van der Waals surface area (Å²) in [6, 6.07) is 1.43. The minimum atomic E-state index is -0.700. The van der Waals surface area contributed by atoms with E-state index in [9.17, 15) is 9.59 Å². The second kappa shape index (κ2) is 4.61. The third-order valence-electron chi connectivity index (χ3n) is 4.50. The average molecular weight is 277 g/mol. The number of amides is 3. The quantitative estimate of drug-likeness (QED) is 0.839. The largest absolute Gasteiger partial charge is 0.361 e. The first-order valence-electron chi connectivity index (χ1n) is 7.09. The molecule has 1 aromatic rings. The number of aryl methyl sites for hydroxylation is 1. The van der Waals surface area contributed by atoms with Gasteiger partial charge in [0, 0.05) is 6.07 Å². The molecule has 2 atom stereocenters. The molecule has 1 spiro atoms. The Balaban J connectivity index is 1.83. The number of urea groups is 1. The van der Waals surface area contributed by atoms with Crippen molar-refractivity contribution in [2.24, 2.45) is 5.92 Å². The van der Waals surface area contributed by atoms with Crippen LogP contribution in [0.1, 0.15) is 44.1 Å². The van der Waals surface area contributed by atoms with Crippen LogP contribution in [0.4, 0.5) is 4.79 Å². The molecule has 2 unspecified atom stereocenters. The molecule has 2 fully saturated rings. The molecular formula is C14H19N3O3. The molecule has 2 aliphatic rings. The van der Waals surface area contributed by atoms with Gasteiger partial charge in [0.25, 0.3) is 5.91 Å². The van der Waals surface area contributed by atoms with Crippen LogP contribution in [0, 0.1) is 12.8 Å². The molecule has 3 amide bonds. The van der Waals surface area contributed by atoms with Crippen molar-refractivity contribution in [1.29, 1.82) is 0 Å². The SMILES string of the molecule is Cc1cc(CN2C(=O)NC3(CCCCC3C)C2=O)no1. The Morgan fingerprint density at radius 1 is 1.50 bits per heavy atom. The van der Waals surface area contributed by atoms with E-state index in [0.29, 0.717) is 11.5 Å². The molecule has 0 radical (unpaired) electrons. The van der Waals surface area contributed by atoms with Crippen molar-refractivity contribution in [2.75, 3.05) is 0 Å². The second-order valence-electron chi connectivity index (χ2n) is 5.87. The van der Waals surface area contributed by atoms with Gasteiger partial charge in [0.2, 0.25) is 0 Å². The number of hydrogen-bond acceptors (Lipinski definition) is 4. The van der Waals surface area contributed by atoms with Crippen molar-refractivity contribution in [3.05, 3.63) is 17.5 Å². The first-order valence-corrected chi connectivity index (χ1v) is 7.09. The number of nitrogens with one attached hydrogen (secondary N) is 1. The fourth-order valence-electron chi connectivity index (χ4n) is 3.29. The summed E-state index contributed by atoms with van der Waals surface area (Å²) < 4.78 is 4.98. The maximum absolute atomic E-state index is 12.7. The number of carbonyl (C=O) groups is 2. The Morgan fingerprint density at radius 3 is 2.95 bits per heavy atom. The van der Waals surface area contributed by atoms with Crippen molar-refractivity contribution >= 4 is 11.9 Å². The van der Waals surface area contributed by atoms with E-state index in [2.05, 4.69) is 10.5 Å². The Kier molecular flexibility index (Phi) is 3.03. The first-order chi connectivity index (χ1) is 9.53. The van der Waals surface area contributed by atoms with Gasteiger partial charge < -0.3 is 9.84 Å². The third kappa shape index (κ3) is 1.90. The maximum atomic E-state index is 12.7. The highest BCUT2D eigenvalue weighted by molar-refractivity contribution is 6.07. The Hall–Kier alpha value is -1.85. The minimum Gasteiger partial charge on any atom is -0.361 e. The molecule has 108 valence electrons. The lowest BCUT2D eigenvalue weighted by Crippen LogP contribution is -2.53. The molecule has 1 aliphatic heterocycles. The molecule has 6 heteroatoms. The molecule has 20 heavy (non-hydrogen) atoms. The molecule has 0 aromatic carbocycles. The standard InChI is InChI=1S/C14H19N3O3/c1-9-5-3-4-6-14(9)12(18)17(13(19)15-14)8-11-7-10(2)20-16-11/h7,9H,3-6,8H2,1-2H3,(H,15,19). The molecule has 1 saturated carbocycles. The molecular weight excluding hydrogens is 258 g/mol. The van der Waals surface area contributed by atoms with E-state index in [4.69, 9.17) is 4.52 Å². The predicted octanol–water partition coefficient (Wildman–Crippen LogP) is 1.98. The average Bonchev–Trinajstić information content (AvgIpc) is 2.92. The topological polar surface area (TPSA) is 75.4 Å². The number of aromatic nitrogens is 1. The van der Waals surface area contributed by atoms with E-state index in [1.165, 1.54) is 4.90 Å². The zero-order chi connectivity index (χ0) is 14.3. The van der Waals surface area contributed by atoms with Gasteiger partial charge in [0.1, 0.15) is 17.0 Å². The monoisotopic (exact) mass is 277 g/mol. The first kappa shape index (κ1) is 13.1. The number of carbonyl (C=O) groups excluding carboxylic acids is 2. The van der Waals surface area contributed by atoms with Gasteiger partial charge in [-0.3, -0.25) is 9.69 Å². The van der Waals surface area contributed by atoms with Crippen LogP contribution in [0.25, 0.3) is 0 Å². The van der Waals surface area contributed by atoms with E-state index >= 15 is 0 Å². The van der Waals surface area contributed by atoms with Gasteiger partial charge in [-0.15, -0.1) is 0 Å². The summed E-state index contributed by atoms with van der Waals surface area (Å²) in [6.45, 7) is 4.00. The lowest BCUT2D eigenvalue weighted by molar-refractivity contribution is -0.134. The highest BCUT2D eigenvalue weighted by Crippen LogP contribution is 2.38. The number of nitrogens with zero attached hydrogens (tertiary/aromatic N) is 2. The van der Waals surface area contributed by atoms with Crippen molar-refractivity contribution in [3.8, 4) is 0 Å². The minimum absolute atomic E-state index is 0.115. The Labute approximate surface area is 117 Å². The second-order valence-corrected chi connectivity index (χ2v) is 5.87. The van der Waals surface area contributed by atoms with Crippen LogP contribution >= 0.6 is 0 Å². The molecule has 6 nitrogen and oxygen atoms in total. The van der Waals surface area contributed by atoms with Crippen LogP contribution in [0.5, 0.6) is 0 Å². The van der Waals surface area contributed by atoms with Crippen LogP contribution < -0.4 is 5.32 Å². The highest BCUT2D eigenvalue weighted by atomic mass is 16.5. The van der Waals surface area contributed by atoms with Gasteiger partial charge in [-0.05, 0) is 25.7 Å². The van der Waals surface area contributed by atoms with E-state index in [1.54, 1.807) is 13.0 Å². The van der Waals surface area contributed by atoms with Gasteiger partial charge in [0.05, 0.1) is 6.54 Å². The van der Waals surface area contributed by atoms with Gasteiger partial charge in [-0.1, -0.05) is 24.9 Å². The number of rotatable bonds is 2. The summed E-state index contributed by atoms with van der Waals surface area (Å²) in [4.78, 5) is 26.1. The van der Waals surface area contributed by atoms with Crippen LogP contribution in [-0.2, 0) is 11.3 Å². The van der Waals surface area contributed by atoms with E-state index < -0.39 is 5.54 Å². The lowest BCUT2D eigenvalue weighted by atomic mass is 9.73. The molecule has 3 rings (SSSR count). The molecule has 2 heterocycles. The normalized spacial score (nSPS) is 30.1. The summed E-state index contributed by atoms with van der Waals surface area (Å²) >= 11 is 0. The van der Waals surface area contributed by atoms with Gasteiger partial charge in [-0.25, -0.2) is 4.79 Å². The summed E-state index contributed by atoms with van der Waals surface area (Å²) in [5.74, 6) is 0.736. The number of imide groups is 1. The summed E-state index contributed by atoms with van der Waals surface area (Å²) in [5, 5.41) is 6.78. The molecule has 1 saturated heterocycles. The fraction of sp³-hybridized carbons (Fsp3) is 0.643. The summed E-state index contributed by atoms with van der Waals surface area (Å²) in [7, 11) is 0. The maximum Gasteiger partial charge on any atom is 0.325 e. The van der Waals surface area contributed by atoms with E-state index in [0.717, 1.165) is 25.7 Å². The lowest BCUT2D eigenvalue weighted by Gasteiger charge is -2.36. The van der Waals surface area contributed by atoms with Gasteiger partial charge in [-0.2, -0.15) is 0 Å². The fourth-order valence-corrected chi connectivity index (χ4v) is 3.29. The van der Waals surface area contributed by atoms with E-state index in [1.807, 2.05) is 6.92 Å². The number of hydrogen-bond donors (Lipinski definition) is 1. The van der Waals surface area contributed by atoms with Crippen LogP contribution in [0.3, 0.4) is 0 Å². The molecule has 0 bridgehead atoms. The summed E-state index contributed by atoms with van der Waals surface area (Å²) in [6.07, 6.45) is 3.80. The van der Waals surface area contributed by atoms with Crippen LogP contribution in [0.2, 0.25) is 0 Å². The molecule has 1 aliphatic carbocycles. The van der Waals surface area contributed by atoms with E-state index in [-0.39, 0.29) is 24.4 Å². The predicted molar refractivity (Wildman–Crippen MR) is 70.7 cm³/mol. The van der Waals surface area contributed by atoms with Crippen molar-refractivity contribution in [1.82, 2.24) is 15.4 Å². The van der Waals surface area contributed by atoms with Gasteiger partial charge >= 0.3 is 6.03 Å². The van der Waals surface area contributed by atoms with Crippen molar-refractivity contribution in [2.45, 2.75) is 51.6 Å². The molecule has 1 aromatic heterocycles.